The Morgan fingerprint density at radius 3 is 2.70 bits per heavy atom. The summed E-state index contributed by atoms with van der Waals surface area (Å²) in [6, 6.07) is 12.9. The summed E-state index contributed by atoms with van der Waals surface area (Å²) in [7, 11) is 3.07. The van der Waals surface area contributed by atoms with Gasteiger partial charge in [-0.1, -0.05) is 29.8 Å². The van der Waals surface area contributed by atoms with Gasteiger partial charge in [0.1, 0.15) is 12.4 Å². The lowest BCUT2D eigenvalue weighted by molar-refractivity contribution is 0.290. The van der Waals surface area contributed by atoms with Crippen LogP contribution in [0.5, 0.6) is 17.2 Å². The van der Waals surface area contributed by atoms with Crippen LogP contribution in [0, 0.1) is 4.77 Å². The topological polar surface area (TPSA) is 73.7 Å². The number of halogens is 1. The average molecular weight is 405 g/mol. The smallest absolute Gasteiger partial charge is 0.216 e. The van der Waals surface area contributed by atoms with Crippen molar-refractivity contribution >= 4 is 30.0 Å². The van der Waals surface area contributed by atoms with E-state index < -0.39 is 0 Å². The third-order valence-electron chi connectivity index (χ3n) is 3.61. The zero-order chi connectivity index (χ0) is 19.2. The normalized spacial score (nSPS) is 10.9. The first kappa shape index (κ1) is 18.9. The van der Waals surface area contributed by atoms with Crippen LogP contribution in [0.4, 0.5) is 0 Å². The van der Waals surface area contributed by atoms with Gasteiger partial charge in [0.2, 0.25) is 4.77 Å². The number of benzene rings is 2. The molecule has 140 valence electrons. The van der Waals surface area contributed by atoms with E-state index in [0.29, 0.717) is 27.1 Å². The third-order valence-corrected chi connectivity index (χ3v) is 4.15. The Balaban J connectivity index is 1.82. The molecule has 0 radical (unpaired) electrons. The molecule has 3 aromatic rings. The first-order chi connectivity index (χ1) is 13.1. The van der Waals surface area contributed by atoms with Crippen LogP contribution < -0.4 is 14.2 Å². The van der Waals surface area contributed by atoms with Crippen LogP contribution in [0.2, 0.25) is 5.02 Å². The van der Waals surface area contributed by atoms with E-state index in [-0.39, 0.29) is 6.61 Å². The first-order valence-corrected chi connectivity index (χ1v) is 8.71. The molecule has 3 rings (SSSR count). The van der Waals surface area contributed by atoms with Crippen molar-refractivity contribution in [2.24, 2.45) is 5.10 Å². The van der Waals surface area contributed by atoms with E-state index in [0.717, 1.165) is 11.3 Å². The fourth-order valence-corrected chi connectivity index (χ4v) is 2.83. The molecule has 0 amide bonds. The summed E-state index contributed by atoms with van der Waals surface area (Å²) in [6.07, 6.45) is 1.60. The van der Waals surface area contributed by atoms with Crippen LogP contribution in [0.3, 0.4) is 0 Å². The van der Waals surface area contributed by atoms with E-state index in [1.165, 1.54) is 11.8 Å². The first-order valence-electron chi connectivity index (χ1n) is 7.92. The van der Waals surface area contributed by atoms with E-state index in [4.69, 9.17) is 38.0 Å². The number of nitrogens with one attached hydrogen (secondary N) is 1. The van der Waals surface area contributed by atoms with Gasteiger partial charge < -0.3 is 14.2 Å². The minimum Gasteiger partial charge on any atom is -0.493 e. The van der Waals surface area contributed by atoms with Crippen molar-refractivity contribution in [3.05, 3.63) is 63.6 Å². The van der Waals surface area contributed by atoms with Gasteiger partial charge in [0.25, 0.3) is 0 Å². The van der Waals surface area contributed by atoms with Gasteiger partial charge in [0, 0.05) is 0 Å². The number of aromatic amines is 1. The molecule has 0 spiro atoms. The molecule has 0 aliphatic carbocycles. The fourth-order valence-electron chi connectivity index (χ4n) is 2.34. The van der Waals surface area contributed by atoms with Crippen molar-refractivity contribution in [1.82, 2.24) is 14.9 Å². The maximum Gasteiger partial charge on any atom is 0.216 e. The number of aromatic nitrogens is 3. The summed E-state index contributed by atoms with van der Waals surface area (Å²) in [5.74, 6) is 2.24. The molecule has 9 heteroatoms. The molecule has 0 fully saturated rings. The maximum atomic E-state index is 6.22. The van der Waals surface area contributed by atoms with E-state index in [1.807, 2.05) is 30.3 Å². The number of para-hydroxylation sites is 1. The number of rotatable bonds is 7. The second-order valence-corrected chi connectivity index (χ2v) is 6.14. The SMILES string of the molecule is COc1cc(/C=N\n2c(COc3ccccc3)n[nH]c2=S)cc(Cl)c1OC. The number of H-pyrrole nitrogens is 1. The van der Waals surface area contributed by atoms with Gasteiger partial charge in [0.15, 0.2) is 17.3 Å². The molecule has 1 aromatic heterocycles. The molecule has 0 aliphatic heterocycles. The molecule has 27 heavy (non-hydrogen) atoms. The Hall–Kier alpha value is -2.84. The molecule has 7 nitrogen and oxygen atoms in total. The largest absolute Gasteiger partial charge is 0.493 e. The minimum atomic E-state index is 0.210. The molecule has 0 unspecified atom stereocenters. The highest BCUT2D eigenvalue weighted by Crippen LogP contribution is 2.35. The van der Waals surface area contributed by atoms with Gasteiger partial charge >= 0.3 is 0 Å². The number of hydrogen-bond donors (Lipinski definition) is 1. The quantitative estimate of drug-likeness (QED) is 0.474. The van der Waals surface area contributed by atoms with Gasteiger partial charge in [0.05, 0.1) is 25.5 Å². The molecule has 0 saturated carbocycles. The summed E-state index contributed by atoms with van der Waals surface area (Å²) < 4.78 is 18.1. The summed E-state index contributed by atoms with van der Waals surface area (Å²) in [6.45, 7) is 0.210. The Kier molecular flexibility index (Phi) is 6.10. The lowest BCUT2D eigenvalue weighted by Gasteiger charge is -2.10. The van der Waals surface area contributed by atoms with Crippen molar-refractivity contribution in [2.45, 2.75) is 6.61 Å². The number of nitrogens with zero attached hydrogens (tertiary/aromatic N) is 3. The summed E-state index contributed by atoms with van der Waals surface area (Å²) in [5.41, 5.74) is 0.718. The molecular weight excluding hydrogens is 388 g/mol. The zero-order valence-electron chi connectivity index (χ0n) is 14.7. The number of methoxy groups -OCH3 is 2. The van der Waals surface area contributed by atoms with E-state index in [2.05, 4.69) is 15.3 Å². The van der Waals surface area contributed by atoms with Crippen LogP contribution in [-0.2, 0) is 6.61 Å². The predicted molar refractivity (Wildman–Crippen MR) is 106 cm³/mol. The van der Waals surface area contributed by atoms with Gasteiger partial charge in [-0.3, -0.25) is 0 Å². The van der Waals surface area contributed by atoms with Crippen molar-refractivity contribution in [1.29, 1.82) is 0 Å². The summed E-state index contributed by atoms with van der Waals surface area (Å²) >= 11 is 11.5. The fraction of sp³-hybridized carbons (Fsp3) is 0.167. The van der Waals surface area contributed by atoms with Crippen LogP contribution >= 0.6 is 23.8 Å². The maximum absolute atomic E-state index is 6.22. The van der Waals surface area contributed by atoms with E-state index >= 15 is 0 Å². The second-order valence-electron chi connectivity index (χ2n) is 5.34. The lowest BCUT2D eigenvalue weighted by Crippen LogP contribution is -2.04. The van der Waals surface area contributed by atoms with Gasteiger partial charge in [-0.25, -0.2) is 5.10 Å². The number of ether oxygens (including phenoxy) is 3. The Morgan fingerprint density at radius 2 is 2.00 bits per heavy atom. The van der Waals surface area contributed by atoms with Crippen molar-refractivity contribution in [3.63, 3.8) is 0 Å². The molecule has 1 N–H and O–H groups in total. The summed E-state index contributed by atoms with van der Waals surface area (Å²) in [4.78, 5) is 0. The Bertz CT molecular complexity index is 1000. The summed E-state index contributed by atoms with van der Waals surface area (Å²) in [5, 5.41) is 11.7. The van der Waals surface area contributed by atoms with Gasteiger partial charge in [-0.2, -0.15) is 14.9 Å². The zero-order valence-corrected chi connectivity index (χ0v) is 16.3. The molecule has 2 aromatic carbocycles. The highest BCUT2D eigenvalue weighted by atomic mass is 35.5. The molecule has 0 aliphatic rings. The predicted octanol–water partition coefficient (Wildman–Crippen LogP) is 4.07. The van der Waals surface area contributed by atoms with Crippen molar-refractivity contribution < 1.29 is 14.2 Å². The average Bonchev–Trinajstić information content (AvgIpc) is 3.04. The molecule has 0 atom stereocenters. The molecule has 0 bridgehead atoms. The monoisotopic (exact) mass is 404 g/mol. The van der Waals surface area contributed by atoms with Crippen molar-refractivity contribution in [2.75, 3.05) is 14.2 Å². The third kappa shape index (κ3) is 4.47. The van der Waals surface area contributed by atoms with Gasteiger partial charge in [-0.15, -0.1) is 0 Å². The molecule has 1 heterocycles. The minimum absolute atomic E-state index is 0.210. The van der Waals surface area contributed by atoms with Crippen LogP contribution in [0.1, 0.15) is 11.4 Å². The second kappa shape index (κ2) is 8.70. The van der Waals surface area contributed by atoms with Crippen LogP contribution in [0.25, 0.3) is 0 Å². The Labute approximate surface area is 166 Å². The standard InChI is InChI=1S/C18H17ClN4O3S/c1-24-15-9-12(8-14(19)17(15)25-2)10-20-23-16(21-22-18(23)27)11-26-13-6-4-3-5-7-13/h3-10H,11H2,1-2H3,(H,22,27)/b20-10-. The Morgan fingerprint density at radius 1 is 1.22 bits per heavy atom. The van der Waals surface area contributed by atoms with Crippen LogP contribution in [-0.4, -0.2) is 35.3 Å². The van der Waals surface area contributed by atoms with Gasteiger partial charge in [-0.05, 0) is 42.0 Å². The van der Waals surface area contributed by atoms with E-state index in [9.17, 15) is 0 Å². The lowest BCUT2D eigenvalue weighted by atomic mass is 10.2. The highest BCUT2D eigenvalue weighted by molar-refractivity contribution is 7.71. The van der Waals surface area contributed by atoms with Crippen molar-refractivity contribution in [3.8, 4) is 17.2 Å². The highest BCUT2D eigenvalue weighted by Gasteiger charge is 2.11. The van der Waals surface area contributed by atoms with Crippen LogP contribution in [0.15, 0.2) is 47.6 Å². The number of hydrogen-bond acceptors (Lipinski definition) is 6. The molecule has 0 saturated heterocycles. The van der Waals surface area contributed by atoms with E-state index in [1.54, 1.807) is 25.5 Å². The molecular formula is C18H17ClN4O3S.